The van der Waals surface area contributed by atoms with E-state index in [1.165, 1.54) is 103 Å². The van der Waals surface area contributed by atoms with Gasteiger partial charge in [0.1, 0.15) is 0 Å². The van der Waals surface area contributed by atoms with Gasteiger partial charge in [0.2, 0.25) is 0 Å². The van der Waals surface area contributed by atoms with Gasteiger partial charge in [0, 0.05) is 0 Å². The molecular weight excluding hydrogens is 336 g/mol. The van der Waals surface area contributed by atoms with E-state index in [0.717, 1.165) is 12.8 Å². The van der Waals surface area contributed by atoms with Gasteiger partial charge in [0.05, 0.1) is 6.61 Å². The highest BCUT2D eigenvalue weighted by molar-refractivity contribution is 4.50. The van der Waals surface area contributed by atoms with Gasteiger partial charge in [-0.2, -0.15) is 0 Å². The molecule has 0 radical (unpaired) electrons. The molecule has 0 atom stereocenters. The summed E-state index contributed by atoms with van der Waals surface area (Å²) in [6, 6.07) is 0. The Bertz CT molecular complexity index is 206. The summed E-state index contributed by atoms with van der Waals surface area (Å²) in [6.45, 7) is 2.73. The number of rotatable bonds is 22. The molecule has 160 valence electrons. The van der Waals surface area contributed by atoms with Crippen LogP contribution in [0.1, 0.15) is 122 Å². The van der Waals surface area contributed by atoms with Crippen LogP contribution >= 0.6 is 0 Å². The molecule has 0 fully saturated rings. The van der Waals surface area contributed by atoms with Gasteiger partial charge in [-0.15, -0.1) is 0 Å². The normalized spacial score (nSPS) is 10.8. The minimum absolute atomic E-state index is 0. The SMILES string of the molecule is CCCCCCCCCCCCCCCCCCCCOOOOO.O. The molecule has 0 aliphatic rings. The Morgan fingerprint density at radius 2 is 0.846 bits per heavy atom. The van der Waals surface area contributed by atoms with E-state index in [2.05, 4.69) is 26.9 Å². The first kappa shape index (κ1) is 28.0. The first-order valence-electron chi connectivity index (χ1n) is 10.7. The van der Waals surface area contributed by atoms with E-state index in [4.69, 9.17) is 5.26 Å². The highest BCUT2D eigenvalue weighted by Gasteiger charge is 1.95. The zero-order valence-electron chi connectivity index (χ0n) is 17.0. The molecule has 0 bridgehead atoms. The van der Waals surface area contributed by atoms with E-state index in [1.54, 1.807) is 0 Å². The van der Waals surface area contributed by atoms with Gasteiger partial charge in [-0.3, -0.25) is 0 Å². The zero-order valence-corrected chi connectivity index (χ0v) is 17.0. The maximum absolute atomic E-state index is 7.80. The summed E-state index contributed by atoms with van der Waals surface area (Å²) in [5, 5.41) is 18.8. The van der Waals surface area contributed by atoms with Crippen LogP contribution < -0.4 is 0 Å². The number of unbranched alkanes of at least 4 members (excludes halogenated alkanes) is 17. The molecule has 0 heterocycles. The Labute approximate surface area is 160 Å². The highest BCUT2D eigenvalue weighted by Crippen LogP contribution is 2.14. The summed E-state index contributed by atoms with van der Waals surface area (Å²) in [6.07, 6.45) is 24.4. The molecule has 0 amide bonds. The van der Waals surface area contributed by atoms with Gasteiger partial charge < -0.3 is 5.48 Å². The molecule has 0 aromatic rings. The summed E-state index contributed by atoms with van der Waals surface area (Å²) >= 11 is 0. The molecule has 26 heavy (non-hydrogen) atoms. The molecule has 0 aromatic carbocycles. The second-order valence-corrected chi connectivity index (χ2v) is 7.04. The third-order valence-electron chi connectivity index (χ3n) is 4.69. The third-order valence-corrected chi connectivity index (χ3v) is 4.69. The molecule has 0 unspecified atom stereocenters. The van der Waals surface area contributed by atoms with Crippen molar-refractivity contribution in [3.8, 4) is 0 Å². The lowest BCUT2D eigenvalue weighted by molar-refractivity contribution is -0.702. The minimum Gasteiger partial charge on any atom is -0.412 e. The summed E-state index contributed by atoms with van der Waals surface area (Å²) in [4.78, 5) is 4.60. The average molecular weight is 381 g/mol. The second-order valence-electron chi connectivity index (χ2n) is 7.04. The maximum Gasteiger partial charge on any atom is 0.0855 e. The highest BCUT2D eigenvalue weighted by atomic mass is 17.8. The molecule has 6 heteroatoms. The van der Waals surface area contributed by atoms with Crippen LogP contribution in [0.3, 0.4) is 0 Å². The molecule has 0 rings (SSSR count). The first-order valence-corrected chi connectivity index (χ1v) is 10.7. The Balaban J connectivity index is 0. The fraction of sp³-hybridized carbons (Fsp3) is 1.00. The quantitative estimate of drug-likeness (QED) is 0.132. The van der Waals surface area contributed by atoms with Crippen LogP contribution in [0.4, 0.5) is 0 Å². The van der Waals surface area contributed by atoms with Gasteiger partial charge in [0.25, 0.3) is 0 Å². The van der Waals surface area contributed by atoms with Crippen LogP contribution in [0, 0.1) is 0 Å². The first-order chi connectivity index (χ1) is 12.4. The lowest BCUT2D eigenvalue weighted by Gasteiger charge is -2.04. The van der Waals surface area contributed by atoms with Crippen LogP contribution in [0.5, 0.6) is 0 Å². The lowest BCUT2D eigenvalue weighted by Crippen LogP contribution is -1.97. The minimum atomic E-state index is 0. The Morgan fingerprint density at radius 1 is 0.500 bits per heavy atom. The maximum atomic E-state index is 7.80. The second kappa shape index (κ2) is 27.0. The molecule has 6 nitrogen and oxygen atoms in total. The zero-order chi connectivity index (χ0) is 18.3. The van der Waals surface area contributed by atoms with Crippen LogP contribution in [0.25, 0.3) is 0 Å². The van der Waals surface area contributed by atoms with Crippen LogP contribution in [0.15, 0.2) is 0 Å². The molecule has 3 N–H and O–H groups in total. The molecule has 0 saturated carbocycles. The molecule has 0 saturated heterocycles. The predicted molar refractivity (Wildman–Crippen MR) is 104 cm³/mol. The lowest BCUT2D eigenvalue weighted by atomic mass is 10.0. The summed E-state index contributed by atoms with van der Waals surface area (Å²) in [7, 11) is 0. The Morgan fingerprint density at radius 3 is 1.19 bits per heavy atom. The molecular formula is C20H44O6. The van der Waals surface area contributed by atoms with E-state index in [0.29, 0.717) is 6.61 Å². The van der Waals surface area contributed by atoms with Crippen molar-refractivity contribution in [2.75, 3.05) is 6.61 Å². The van der Waals surface area contributed by atoms with Crippen molar-refractivity contribution in [2.24, 2.45) is 0 Å². The van der Waals surface area contributed by atoms with Crippen molar-refractivity contribution in [3.63, 3.8) is 0 Å². The fourth-order valence-electron chi connectivity index (χ4n) is 3.13. The fourth-order valence-corrected chi connectivity index (χ4v) is 3.13. The van der Waals surface area contributed by atoms with E-state index in [9.17, 15) is 0 Å². The summed E-state index contributed by atoms with van der Waals surface area (Å²) in [5.41, 5.74) is 0. The van der Waals surface area contributed by atoms with Crippen molar-refractivity contribution in [3.05, 3.63) is 0 Å². The van der Waals surface area contributed by atoms with Crippen molar-refractivity contribution in [1.82, 2.24) is 0 Å². The smallest absolute Gasteiger partial charge is 0.0855 e. The van der Waals surface area contributed by atoms with Crippen LogP contribution in [-0.4, -0.2) is 17.3 Å². The van der Waals surface area contributed by atoms with Crippen molar-refractivity contribution in [1.29, 1.82) is 0 Å². The van der Waals surface area contributed by atoms with E-state index < -0.39 is 0 Å². The van der Waals surface area contributed by atoms with Gasteiger partial charge in [-0.1, -0.05) is 116 Å². The van der Waals surface area contributed by atoms with Crippen molar-refractivity contribution in [2.45, 2.75) is 122 Å². The standard InChI is InChI=1S/C20H42O5.H2O/c1-2-3-4-5-6-7-8-9-10-11-12-13-14-15-16-17-18-19-20-22-24-25-23-21;/h21H,2-20H2,1H3;1H2. The molecule has 0 aliphatic carbocycles. The third kappa shape index (κ3) is 26.0. The van der Waals surface area contributed by atoms with Crippen LogP contribution in [0.2, 0.25) is 0 Å². The summed E-state index contributed by atoms with van der Waals surface area (Å²) < 4.78 is 0. The largest absolute Gasteiger partial charge is 0.412 e. The van der Waals surface area contributed by atoms with Gasteiger partial charge >= 0.3 is 0 Å². The Hall–Kier alpha value is -0.240. The van der Waals surface area contributed by atoms with E-state index >= 15 is 0 Å². The van der Waals surface area contributed by atoms with E-state index in [-0.39, 0.29) is 5.48 Å². The number of hydrogen-bond acceptors (Lipinski definition) is 5. The number of hydrogen-bond donors (Lipinski definition) is 1. The van der Waals surface area contributed by atoms with Crippen LogP contribution in [-0.2, 0) is 20.0 Å². The van der Waals surface area contributed by atoms with Crippen molar-refractivity contribution < 1.29 is 30.7 Å². The Kier molecular flexibility index (Phi) is 29.0. The topological polar surface area (TPSA) is 88.7 Å². The van der Waals surface area contributed by atoms with Gasteiger partial charge in [-0.05, 0) is 21.5 Å². The molecule has 0 aromatic heterocycles. The average Bonchev–Trinajstić information content (AvgIpc) is 2.63. The molecule has 0 spiro atoms. The van der Waals surface area contributed by atoms with Gasteiger partial charge in [0.15, 0.2) is 0 Å². The molecule has 0 aliphatic heterocycles. The predicted octanol–water partition coefficient (Wildman–Crippen LogP) is 6.49. The summed E-state index contributed by atoms with van der Waals surface area (Å²) in [5.74, 6) is 0. The van der Waals surface area contributed by atoms with Crippen molar-refractivity contribution >= 4 is 0 Å². The van der Waals surface area contributed by atoms with Gasteiger partial charge in [-0.25, -0.2) is 10.1 Å². The monoisotopic (exact) mass is 380 g/mol. The van der Waals surface area contributed by atoms with E-state index in [1.807, 2.05) is 0 Å².